The Kier molecular flexibility index (Phi) is 3.84. The minimum Gasteiger partial charge on any atom is -0.381 e. The average Bonchev–Trinajstić information content (AvgIpc) is 2.85. The molecule has 6 heteroatoms. The van der Waals surface area contributed by atoms with Gasteiger partial charge in [0.15, 0.2) is 0 Å². The van der Waals surface area contributed by atoms with E-state index >= 15 is 0 Å². The Bertz CT molecular complexity index is 325. The molecular formula is C10H20N2O3S. The van der Waals surface area contributed by atoms with Crippen molar-refractivity contribution in [2.45, 2.75) is 18.9 Å². The summed E-state index contributed by atoms with van der Waals surface area (Å²) in [5, 5.41) is 3.13. The van der Waals surface area contributed by atoms with Crippen molar-refractivity contribution in [1.82, 2.24) is 9.62 Å². The molecule has 0 radical (unpaired) electrons. The van der Waals surface area contributed by atoms with Crippen LogP contribution in [0.3, 0.4) is 0 Å². The normalized spacial score (nSPS) is 32.3. The Morgan fingerprint density at radius 2 is 2.25 bits per heavy atom. The van der Waals surface area contributed by atoms with Gasteiger partial charge in [-0.25, -0.2) is 12.7 Å². The quantitative estimate of drug-likeness (QED) is 0.738. The summed E-state index contributed by atoms with van der Waals surface area (Å²) in [6, 6.07) is 0.314. The lowest BCUT2D eigenvalue weighted by atomic mass is 10.2. The van der Waals surface area contributed by atoms with E-state index in [2.05, 4.69) is 5.32 Å². The third-order valence-corrected chi connectivity index (χ3v) is 5.43. The number of ether oxygens (including phenoxy) is 1. The lowest BCUT2D eigenvalue weighted by Gasteiger charge is -2.18. The fourth-order valence-corrected chi connectivity index (χ4v) is 4.19. The van der Waals surface area contributed by atoms with Gasteiger partial charge in [-0.3, -0.25) is 0 Å². The van der Waals surface area contributed by atoms with E-state index in [9.17, 15) is 8.42 Å². The molecule has 2 aliphatic rings. The van der Waals surface area contributed by atoms with Crippen molar-refractivity contribution in [1.29, 1.82) is 0 Å². The van der Waals surface area contributed by atoms with Crippen LogP contribution in [0.15, 0.2) is 0 Å². The summed E-state index contributed by atoms with van der Waals surface area (Å²) < 4.78 is 31.0. The van der Waals surface area contributed by atoms with Crippen LogP contribution in [0.5, 0.6) is 0 Å². The van der Waals surface area contributed by atoms with E-state index in [4.69, 9.17) is 4.74 Å². The Balaban J connectivity index is 1.91. The monoisotopic (exact) mass is 248 g/mol. The zero-order chi connectivity index (χ0) is 11.6. The van der Waals surface area contributed by atoms with Crippen LogP contribution in [0.25, 0.3) is 0 Å². The molecule has 0 aliphatic carbocycles. The maximum Gasteiger partial charge on any atom is 0.214 e. The second-order valence-electron chi connectivity index (χ2n) is 4.64. The highest BCUT2D eigenvalue weighted by Gasteiger charge is 2.33. The maximum absolute atomic E-state index is 12.1. The second kappa shape index (κ2) is 5.00. The Hall–Kier alpha value is -0.170. The molecule has 16 heavy (non-hydrogen) atoms. The van der Waals surface area contributed by atoms with E-state index in [0.717, 1.165) is 12.8 Å². The molecule has 1 N–H and O–H groups in total. The highest BCUT2D eigenvalue weighted by atomic mass is 32.2. The van der Waals surface area contributed by atoms with Crippen LogP contribution in [0, 0.1) is 5.92 Å². The zero-order valence-electron chi connectivity index (χ0n) is 9.68. The van der Waals surface area contributed by atoms with Crippen LogP contribution in [0.2, 0.25) is 0 Å². The van der Waals surface area contributed by atoms with Gasteiger partial charge in [0.2, 0.25) is 10.0 Å². The van der Waals surface area contributed by atoms with E-state index in [-0.39, 0.29) is 11.7 Å². The first-order valence-corrected chi connectivity index (χ1v) is 7.45. The summed E-state index contributed by atoms with van der Waals surface area (Å²) >= 11 is 0. The molecule has 2 heterocycles. The van der Waals surface area contributed by atoms with Crippen LogP contribution < -0.4 is 5.32 Å². The summed E-state index contributed by atoms with van der Waals surface area (Å²) in [7, 11) is -1.19. The highest BCUT2D eigenvalue weighted by Crippen LogP contribution is 2.20. The smallest absolute Gasteiger partial charge is 0.214 e. The molecule has 0 saturated carbocycles. The number of nitrogens with zero attached hydrogens (tertiary/aromatic N) is 1. The first kappa shape index (κ1) is 12.3. The molecule has 94 valence electrons. The largest absolute Gasteiger partial charge is 0.381 e. The average molecular weight is 248 g/mol. The number of rotatable bonds is 4. The maximum atomic E-state index is 12.1. The van der Waals surface area contributed by atoms with Crippen LogP contribution in [0.1, 0.15) is 12.8 Å². The van der Waals surface area contributed by atoms with Crippen molar-refractivity contribution >= 4 is 10.0 Å². The van der Waals surface area contributed by atoms with Gasteiger partial charge in [-0.05, 0) is 25.8 Å². The third-order valence-electron chi connectivity index (χ3n) is 3.42. The van der Waals surface area contributed by atoms with Gasteiger partial charge in [0.25, 0.3) is 0 Å². The summed E-state index contributed by atoms with van der Waals surface area (Å²) in [5.41, 5.74) is 0. The first-order valence-electron chi connectivity index (χ1n) is 5.84. The molecule has 0 aromatic heterocycles. The Morgan fingerprint density at radius 1 is 1.44 bits per heavy atom. The lowest BCUT2D eigenvalue weighted by molar-refractivity contribution is 0.188. The topological polar surface area (TPSA) is 58.6 Å². The van der Waals surface area contributed by atoms with Gasteiger partial charge < -0.3 is 10.1 Å². The summed E-state index contributed by atoms with van der Waals surface area (Å²) in [6.07, 6.45) is 1.79. The predicted molar refractivity (Wildman–Crippen MR) is 61.8 cm³/mol. The molecule has 2 atom stereocenters. The number of sulfonamides is 1. The second-order valence-corrected chi connectivity index (χ2v) is 6.65. The molecule has 0 amide bonds. The van der Waals surface area contributed by atoms with Crippen molar-refractivity contribution in [3.63, 3.8) is 0 Å². The van der Waals surface area contributed by atoms with Gasteiger partial charge in [-0.1, -0.05) is 0 Å². The molecule has 2 fully saturated rings. The fraction of sp³-hybridized carbons (Fsp3) is 1.00. The molecule has 2 aliphatic heterocycles. The van der Waals surface area contributed by atoms with Crippen LogP contribution in [-0.4, -0.2) is 57.9 Å². The fourth-order valence-electron chi connectivity index (χ4n) is 2.33. The van der Waals surface area contributed by atoms with Crippen molar-refractivity contribution in [2.75, 3.05) is 39.1 Å². The third kappa shape index (κ3) is 2.74. The van der Waals surface area contributed by atoms with Gasteiger partial charge in [0.1, 0.15) is 0 Å². The molecule has 0 bridgehead atoms. The molecule has 2 unspecified atom stereocenters. The van der Waals surface area contributed by atoms with Gasteiger partial charge in [0, 0.05) is 25.7 Å². The van der Waals surface area contributed by atoms with Crippen molar-refractivity contribution in [2.24, 2.45) is 5.92 Å². The Morgan fingerprint density at radius 3 is 2.81 bits per heavy atom. The number of nitrogens with one attached hydrogen (secondary N) is 1. The standard InChI is InChI=1S/C10H20N2O3S/c1-11-10-2-4-12(6-10)16(13,14)8-9-3-5-15-7-9/h9-11H,2-8H2,1H3. The summed E-state index contributed by atoms with van der Waals surface area (Å²) in [4.78, 5) is 0. The van der Waals surface area contributed by atoms with Crippen molar-refractivity contribution in [3.05, 3.63) is 0 Å². The predicted octanol–water partition coefficient (Wildman–Crippen LogP) is -0.354. The van der Waals surface area contributed by atoms with Crippen molar-refractivity contribution < 1.29 is 13.2 Å². The molecular weight excluding hydrogens is 228 g/mol. The SMILES string of the molecule is CNC1CCN(S(=O)(=O)CC2CCOC2)C1. The summed E-state index contributed by atoms with van der Waals surface area (Å²) in [5.74, 6) is 0.447. The van der Waals surface area contributed by atoms with E-state index in [1.165, 1.54) is 0 Å². The summed E-state index contributed by atoms with van der Waals surface area (Å²) in [6.45, 7) is 2.58. The van der Waals surface area contributed by atoms with Crippen molar-refractivity contribution in [3.8, 4) is 0 Å². The van der Waals surface area contributed by atoms with Crippen LogP contribution >= 0.6 is 0 Å². The van der Waals surface area contributed by atoms with Crippen LogP contribution in [-0.2, 0) is 14.8 Å². The van der Waals surface area contributed by atoms with E-state index < -0.39 is 10.0 Å². The Labute approximate surface area is 97.2 Å². The van der Waals surface area contributed by atoms with E-state index in [1.807, 2.05) is 7.05 Å². The van der Waals surface area contributed by atoms with Crippen LogP contribution in [0.4, 0.5) is 0 Å². The minimum absolute atomic E-state index is 0.193. The lowest BCUT2D eigenvalue weighted by Crippen LogP contribution is -2.36. The van der Waals surface area contributed by atoms with Gasteiger partial charge in [0.05, 0.1) is 12.4 Å². The van der Waals surface area contributed by atoms with E-state index in [1.54, 1.807) is 4.31 Å². The first-order chi connectivity index (χ1) is 7.62. The molecule has 5 nitrogen and oxygen atoms in total. The van der Waals surface area contributed by atoms with E-state index in [0.29, 0.717) is 32.3 Å². The zero-order valence-corrected chi connectivity index (χ0v) is 10.5. The molecule has 2 rings (SSSR count). The van der Waals surface area contributed by atoms with Gasteiger partial charge in [-0.15, -0.1) is 0 Å². The number of likely N-dealkylation sites (N-methyl/N-ethyl adjacent to an activating group) is 1. The van der Waals surface area contributed by atoms with Gasteiger partial charge in [-0.2, -0.15) is 0 Å². The number of hydrogen-bond acceptors (Lipinski definition) is 4. The van der Waals surface area contributed by atoms with Gasteiger partial charge >= 0.3 is 0 Å². The highest BCUT2D eigenvalue weighted by molar-refractivity contribution is 7.89. The molecule has 0 aromatic carbocycles. The minimum atomic E-state index is -3.07. The molecule has 2 saturated heterocycles. The number of hydrogen-bond donors (Lipinski definition) is 1. The molecule has 0 aromatic rings. The molecule has 0 spiro atoms.